The van der Waals surface area contributed by atoms with E-state index in [-0.39, 0.29) is 11.4 Å². The van der Waals surface area contributed by atoms with Crippen LogP contribution in [0.5, 0.6) is 0 Å². The molecule has 2 saturated carbocycles. The van der Waals surface area contributed by atoms with Gasteiger partial charge in [0.2, 0.25) is 0 Å². The van der Waals surface area contributed by atoms with E-state index >= 15 is 0 Å². The maximum absolute atomic E-state index is 12.4. The van der Waals surface area contributed by atoms with Crippen molar-refractivity contribution in [1.29, 1.82) is 0 Å². The van der Waals surface area contributed by atoms with E-state index in [0.29, 0.717) is 24.8 Å². The first-order valence-corrected chi connectivity index (χ1v) is 7.31. The summed E-state index contributed by atoms with van der Waals surface area (Å²) in [5.74, 6) is 0.981. The Morgan fingerprint density at radius 3 is 2.63 bits per heavy atom. The largest absolute Gasteiger partial charge is 0.467 e. The van der Waals surface area contributed by atoms with Gasteiger partial charge in [-0.1, -0.05) is 25.3 Å². The molecule has 2 fully saturated rings. The van der Waals surface area contributed by atoms with E-state index in [2.05, 4.69) is 16.8 Å². The molecule has 4 heteroatoms. The molecular formula is C15H22N2O2. The van der Waals surface area contributed by atoms with Crippen LogP contribution in [-0.4, -0.2) is 25.2 Å². The molecule has 3 aliphatic rings. The molecule has 0 aromatic rings. The van der Waals surface area contributed by atoms with Crippen LogP contribution in [0.4, 0.5) is 0 Å². The smallest absolute Gasteiger partial charge is 0.336 e. The SMILES string of the molecule is C=CCC1(C(=O)OC)N=NCC12C1CCCCCC12. The molecule has 0 amide bonds. The third kappa shape index (κ3) is 1.49. The second-order valence-electron chi connectivity index (χ2n) is 6.14. The Hall–Kier alpha value is -1.19. The predicted molar refractivity (Wildman–Crippen MR) is 71.8 cm³/mol. The number of azo groups is 1. The van der Waals surface area contributed by atoms with Gasteiger partial charge in [-0.2, -0.15) is 10.2 Å². The second-order valence-corrected chi connectivity index (χ2v) is 6.14. The normalized spacial score (nSPS) is 43.6. The first-order chi connectivity index (χ1) is 9.23. The van der Waals surface area contributed by atoms with Crippen molar-refractivity contribution in [3.8, 4) is 0 Å². The number of hydrogen-bond acceptors (Lipinski definition) is 4. The Morgan fingerprint density at radius 1 is 1.37 bits per heavy atom. The molecule has 0 saturated heterocycles. The molecule has 1 aliphatic heterocycles. The highest BCUT2D eigenvalue weighted by Gasteiger charge is 2.78. The summed E-state index contributed by atoms with van der Waals surface area (Å²) in [6.45, 7) is 4.51. The fourth-order valence-electron chi connectivity index (χ4n) is 4.69. The molecule has 4 nitrogen and oxygen atoms in total. The molecule has 19 heavy (non-hydrogen) atoms. The molecule has 2 aliphatic carbocycles. The summed E-state index contributed by atoms with van der Waals surface area (Å²) in [6.07, 6.45) is 8.64. The van der Waals surface area contributed by atoms with Crippen molar-refractivity contribution in [3.05, 3.63) is 12.7 Å². The number of esters is 1. The summed E-state index contributed by atoms with van der Waals surface area (Å²) < 4.78 is 5.06. The highest BCUT2D eigenvalue weighted by atomic mass is 16.5. The van der Waals surface area contributed by atoms with Gasteiger partial charge in [-0.25, -0.2) is 4.79 Å². The van der Waals surface area contributed by atoms with Gasteiger partial charge in [-0.3, -0.25) is 0 Å². The molecule has 104 valence electrons. The number of carbonyl (C=O) groups is 1. The summed E-state index contributed by atoms with van der Waals surface area (Å²) in [4.78, 5) is 12.4. The van der Waals surface area contributed by atoms with Crippen molar-refractivity contribution >= 4 is 5.97 Å². The summed E-state index contributed by atoms with van der Waals surface area (Å²) in [5, 5.41) is 8.65. The average molecular weight is 262 g/mol. The molecule has 3 rings (SSSR count). The zero-order chi connectivity index (χ0) is 13.5. The van der Waals surface area contributed by atoms with Gasteiger partial charge in [0.05, 0.1) is 13.7 Å². The molecule has 0 aromatic carbocycles. The Labute approximate surface area is 114 Å². The molecule has 0 radical (unpaired) electrons. The van der Waals surface area contributed by atoms with E-state index in [9.17, 15) is 4.79 Å². The van der Waals surface area contributed by atoms with Crippen molar-refractivity contribution in [2.75, 3.05) is 13.7 Å². The van der Waals surface area contributed by atoms with Crippen LogP contribution in [0.15, 0.2) is 22.9 Å². The Bertz CT molecular complexity index is 420. The standard InChI is InChI=1S/C15H22N2O2/c1-3-9-15(13(18)19-2)14(10-16-17-15)11-7-5-4-6-8-12(11)14/h3,11-12H,1,4-10H2,2H3. The van der Waals surface area contributed by atoms with E-state index in [1.165, 1.54) is 39.2 Å². The van der Waals surface area contributed by atoms with E-state index in [0.717, 1.165) is 0 Å². The number of methoxy groups -OCH3 is 1. The molecule has 1 heterocycles. The lowest BCUT2D eigenvalue weighted by Gasteiger charge is -2.30. The van der Waals surface area contributed by atoms with Crippen molar-refractivity contribution < 1.29 is 9.53 Å². The van der Waals surface area contributed by atoms with Gasteiger partial charge >= 0.3 is 5.97 Å². The van der Waals surface area contributed by atoms with Gasteiger partial charge in [0.1, 0.15) is 0 Å². The van der Waals surface area contributed by atoms with Crippen LogP contribution in [-0.2, 0) is 9.53 Å². The molecule has 1 spiro atoms. The predicted octanol–water partition coefficient (Wildman–Crippen LogP) is 3.14. The zero-order valence-corrected chi connectivity index (χ0v) is 11.6. The lowest BCUT2D eigenvalue weighted by Crippen LogP contribution is -2.46. The van der Waals surface area contributed by atoms with Gasteiger partial charge < -0.3 is 4.74 Å². The van der Waals surface area contributed by atoms with E-state index in [1.807, 2.05) is 0 Å². The molecular weight excluding hydrogens is 240 g/mol. The van der Waals surface area contributed by atoms with Crippen LogP contribution in [0.2, 0.25) is 0 Å². The molecule has 0 aromatic heterocycles. The quantitative estimate of drug-likeness (QED) is 0.579. The van der Waals surface area contributed by atoms with Crippen LogP contribution in [0, 0.1) is 17.3 Å². The van der Waals surface area contributed by atoms with Gasteiger partial charge in [0.25, 0.3) is 0 Å². The van der Waals surface area contributed by atoms with Crippen molar-refractivity contribution in [3.63, 3.8) is 0 Å². The van der Waals surface area contributed by atoms with Gasteiger partial charge in [0.15, 0.2) is 5.54 Å². The number of ether oxygens (including phenoxy) is 1. The molecule has 0 bridgehead atoms. The molecule has 3 atom stereocenters. The van der Waals surface area contributed by atoms with Crippen molar-refractivity contribution in [2.45, 2.75) is 44.1 Å². The zero-order valence-electron chi connectivity index (χ0n) is 11.6. The van der Waals surface area contributed by atoms with Crippen LogP contribution in [0.25, 0.3) is 0 Å². The van der Waals surface area contributed by atoms with Crippen LogP contribution in [0.3, 0.4) is 0 Å². The lowest BCUT2D eigenvalue weighted by atomic mass is 9.75. The minimum atomic E-state index is -0.782. The average Bonchev–Trinajstić information content (AvgIpc) is 2.97. The highest BCUT2D eigenvalue weighted by molar-refractivity contribution is 5.84. The fraction of sp³-hybridized carbons (Fsp3) is 0.800. The second kappa shape index (κ2) is 4.43. The third-order valence-electron chi connectivity index (χ3n) is 5.54. The number of rotatable bonds is 3. The summed E-state index contributed by atoms with van der Waals surface area (Å²) in [6, 6.07) is 0. The lowest BCUT2D eigenvalue weighted by molar-refractivity contribution is -0.149. The number of carbonyl (C=O) groups excluding carboxylic acids is 1. The Kier molecular flexibility index (Phi) is 2.99. The number of hydrogen-bond donors (Lipinski definition) is 0. The van der Waals surface area contributed by atoms with Crippen LogP contribution >= 0.6 is 0 Å². The number of nitrogens with zero attached hydrogens (tertiary/aromatic N) is 2. The minimum absolute atomic E-state index is 0.0608. The van der Waals surface area contributed by atoms with Gasteiger partial charge in [0, 0.05) is 11.8 Å². The first-order valence-electron chi connectivity index (χ1n) is 7.31. The Balaban J connectivity index is 1.97. The van der Waals surface area contributed by atoms with Crippen molar-refractivity contribution in [2.24, 2.45) is 27.5 Å². The van der Waals surface area contributed by atoms with Gasteiger partial charge in [-0.15, -0.1) is 6.58 Å². The van der Waals surface area contributed by atoms with E-state index in [4.69, 9.17) is 4.74 Å². The van der Waals surface area contributed by atoms with Gasteiger partial charge in [-0.05, 0) is 24.7 Å². The summed E-state index contributed by atoms with van der Waals surface area (Å²) >= 11 is 0. The van der Waals surface area contributed by atoms with Crippen LogP contribution in [0.1, 0.15) is 38.5 Å². The maximum Gasteiger partial charge on any atom is 0.336 e. The van der Waals surface area contributed by atoms with Crippen molar-refractivity contribution in [1.82, 2.24) is 0 Å². The topological polar surface area (TPSA) is 51.0 Å². The first kappa shape index (κ1) is 12.8. The molecule has 0 N–H and O–H groups in total. The van der Waals surface area contributed by atoms with Crippen LogP contribution < -0.4 is 0 Å². The molecule has 3 unspecified atom stereocenters. The van der Waals surface area contributed by atoms with E-state index in [1.54, 1.807) is 6.08 Å². The number of fused-ring (bicyclic) bond motifs is 3. The highest BCUT2D eigenvalue weighted by Crippen LogP contribution is 2.73. The van der Waals surface area contributed by atoms with E-state index < -0.39 is 5.54 Å². The Morgan fingerprint density at radius 2 is 2.05 bits per heavy atom. The third-order valence-corrected chi connectivity index (χ3v) is 5.54. The summed E-state index contributed by atoms with van der Waals surface area (Å²) in [7, 11) is 1.45. The summed E-state index contributed by atoms with van der Waals surface area (Å²) in [5.41, 5.74) is -0.842. The minimum Gasteiger partial charge on any atom is -0.467 e. The monoisotopic (exact) mass is 262 g/mol. The fourth-order valence-corrected chi connectivity index (χ4v) is 4.69. The maximum atomic E-state index is 12.4.